The molecule has 0 aliphatic heterocycles. The van der Waals surface area contributed by atoms with Gasteiger partial charge in [0.25, 0.3) is 5.91 Å². The fraction of sp³-hybridized carbons (Fsp3) is 0.0870. The number of carbonyl (C=O) groups is 1. The van der Waals surface area contributed by atoms with Crippen molar-refractivity contribution < 1.29 is 4.79 Å². The number of aryl methyl sites for hydroxylation is 1. The molecule has 32 heavy (non-hydrogen) atoms. The number of carbonyl (C=O) groups excluding carboxylic acids is 1. The van der Waals surface area contributed by atoms with E-state index in [9.17, 15) is 4.79 Å². The van der Waals surface area contributed by atoms with Crippen LogP contribution in [0, 0.1) is 6.92 Å². The van der Waals surface area contributed by atoms with Gasteiger partial charge < -0.3 is 0 Å². The smallest absolute Gasteiger partial charge is 0.267 e. The van der Waals surface area contributed by atoms with Crippen molar-refractivity contribution in [2.24, 2.45) is 0 Å². The zero-order chi connectivity index (χ0) is 22.2. The summed E-state index contributed by atoms with van der Waals surface area (Å²) in [5.41, 5.74) is 3.60. The van der Waals surface area contributed by atoms with E-state index >= 15 is 0 Å². The number of benzene rings is 2. The Morgan fingerprint density at radius 2 is 1.91 bits per heavy atom. The number of fused-ring (bicyclic) bond motifs is 1. The highest BCUT2D eigenvalue weighted by atomic mass is 35.5. The first-order valence-electron chi connectivity index (χ1n) is 9.71. The van der Waals surface area contributed by atoms with Crippen molar-refractivity contribution in [2.75, 3.05) is 5.32 Å². The molecule has 0 saturated heterocycles. The van der Waals surface area contributed by atoms with Gasteiger partial charge >= 0.3 is 0 Å². The number of amides is 1. The van der Waals surface area contributed by atoms with E-state index in [1.807, 2.05) is 71.6 Å². The van der Waals surface area contributed by atoms with Crippen molar-refractivity contribution in [3.8, 4) is 11.3 Å². The van der Waals surface area contributed by atoms with Crippen molar-refractivity contribution in [1.82, 2.24) is 14.8 Å². The second-order valence-electron chi connectivity index (χ2n) is 7.16. The number of rotatable bonds is 5. The maximum absolute atomic E-state index is 12.9. The van der Waals surface area contributed by atoms with E-state index in [0.717, 1.165) is 32.7 Å². The molecule has 0 saturated carbocycles. The van der Waals surface area contributed by atoms with Crippen molar-refractivity contribution >= 4 is 67.1 Å². The number of anilines is 1. The van der Waals surface area contributed by atoms with E-state index in [1.54, 1.807) is 0 Å². The van der Waals surface area contributed by atoms with Crippen LogP contribution in [0.1, 0.15) is 20.9 Å². The van der Waals surface area contributed by atoms with Gasteiger partial charge in [0.05, 0.1) is 22.8 Å². The van der Waals surface area contributed by atoms with Crippen LogP contribution in [0.5, 0.6) is 0 Å². The average Bonchev–Trinajstić information content (AvgIpc) is 3.48. The number of nitrogens with one attached hydrogen (secondary N) is 1. The predicted octanol–water partition coefficient (Wildman–Crippen LogP) is 7.14. The monoisotopic (exact) mass is 498 g/mol. The molecule has 0 bridgehead atoms. The highest BCUT2D eigenvalue weighted by Crippen LogP contribution is 2.31. The Bertz CT molecular complexity index is 1440. The molecular formula is C23H16Cl2N4OS2. The van der Waals surface area contributed by atoms with Crippen LogP contribution in [-0.2, 0) is 6.54 Å². The summed E-state index contributed by atoms with van der Waals surface area (Å²) in [6, 6.07) is 17.0. The van der Waals surface area contributed by atoms with Crippen LogP contribution in [0.15, 0.2) is 60.0 Å². The largest absolute Gasteiger partial charge is 0.297 e. The third kappa shape index (κ3) is 4.17. The molecule has 1 N–H and O–H groups in total. The molecule has 0 aliphatic rings. The zero-order valence-electron chi connectivity index (χ0n) is 16.8. The minimum Gasteiger partial charge on any atom is -0.297 e. The Labute approximate surface area is 202 Å². The maximum atomic E-state index is 12.9. The lowest BCUT2D eigenvalue weighted by molar-refractivity contribution is 0.103. The SMILES string of the molecule is Cc1nn(Cc2ccccc2Cl)c2sc(C(=O)Nc3nc(-c4ccc(Cl)cc4)cs3)cc12. The third-order valence-corrected chi connectivity index (χ3v) is 7.50. The first-order valence-corrected chi connectivity index (χ1v) is 12.2. The van der Waals surface area contributed by atoms with Crippen LogP contribution in [-0.4, -0.2) is 20.7 Å². The van der Waals surface area contributed by atoms with E-state index < -0.39 is 0 Å². The number of nitrogens with zero attached hydrogens (tertiary/aromatic N) is 3. The molecule has 5 nitrogen and oxygen atoms in total. The third-order valence-electron chi connectivity index (χ3n) is 4.97. The minimum absolute atomic E-state index is 0.188. The molecule has 3 heterocycles. The van der Waals surface area contributed by atoms with Crippen molar-refractivity contribution in [2.45, 2.75) is 13.5 Å². The Hall–Kier alpha value is -2.71. The van der Waals surface area contributed by atoms with Gasteiger partial charge in [-0.1, -0.05) is 53.5 Å². The second-order valence-corrected chi connectivity index (χ2v) is 9.90. The molecule has 0 spiro atoms. The van der Waals surface area contributed by atoms with Gasteiger partial charge in [-0.25, -0.2) is 4.98 Å². The van der Waals surface area contributed by atoms with Gasteiger partial charge in [-0.15, -0.1) is 22.7 Å². The van der Waals surface area contributed by atoms with E-state index in [-0.39, 0.29) is 5.91 Å². The summed E-state index contributed by atoms with van der Waals surface area (Å²) in [7, 11) is 0. The Kier molecular flexibility index (Phi) is 5.73. The lowest BCUT2D eigenvalue weighted by Crippen LogP contribution is -2.10. The fourth-order valence-electron chi connectivity index (χ4n) is 3.36. The molecule has 5 rings (SSSR count). The summed E-state index contributed by atoms with van der Waals surface area (Å²) in [5, 5.41) is 12.3. The van der Waals surface area contributed by atoms with Gasteiger partial charge in [-0.05, 0) is 36.8 Å². The van der Waals surface area contributed by atoms with Gasteiger partial charge in [-0.3, -0.25) is 14.8 Å². The lowest BCUT2D eigenvalue weighted by atomic mass is 10.2. The standard InChI is InChI=1S/C23H16Cl2N4OS2/c1-13-17-10-20(32-22(17)29(28-13)11-15-4-2-3-5-18(15)25)21(30)27-23-26-19(12-31-23)14-6-8-16(24)9-7-14/h2-10,12H,11H2,1H3,(H,26,27,30). The Morgan fingerprint density at radius 3 is 2.69 bits per heavy atom. The number of halogens is 2. The van der Waals surface area contributed by atoms with Crippen LogP contribution < -0.4 is 5.32 Å². The van der Waals surface area contributed by atoms with E-state index in [0.29, 0.717) is 26.6 Å². The molecule has 5 aromatic rings. The molecule has 1 amide bonds. The number of thiophene rings is 1. The first kappa shape index (κ1) is 21.2. The molecular weight excluding hydrogens is 483 g/mol. The number of thiazole rings is 1. The van der Waals surface area contributed by atoms with Crippen molar-refractivity contribution in [3.63, 3.8) is 0 Å². The van der Waals surface area contributed by atoms with Gasteiger partial charge in [0.15, 0.2) is 5.13 Å². The normalized spacial score (nSPS) is 11.2. The van der Waals surface area contributed by atoms with E-state index in [2.05, 4.69) is 15.4 Å². The lowest BCUT2D eigenvalue weighted by Gasteiger charge is -2.05. The summed E-state index contributed by atoms with van der Waals surface area (Å²) in [4.78, 5) is 19.0. The average molecular weight is 499 g/mol. The molecule has 0 atom stereocenters. The minimum atomic E-state index is -0.188. The van der Waals surface area contributed by atoms with Crippen LogP contribution in [0.4, 0.5) is 5.13 Å². The zero-order valence-corrected chi connectivity index (χ0v) is 19.9. The number of aromatic nitrogens is 3. The summed E-state index contributed by atoms with van der Waals surface area (Å²) in [6.07, 6.45) is 0. The van der Waals surface area contributed by atoms with Gasteiger partial charge in [-0.2, -0.15) is 5.10 Å². The fourth-order valence-corrected chi connectivity index (χ4v) is 5.46. The summed E-state index contributed by atoms with van der Waals surface area (Å²) < 4.78 is 1.90. The van der Waals surface area contributed by atoms with Crippen LogP contribution in [0.25, 0.3) is 21.5 Å². The first-order chi connectivity index (χ1) is 15.5. The van der Waals surface area contributed by atoms with Gasteiger partial charge in [0.2, 0.25) is 0 Å². The topological polar surface area (TPSA) is 59.8 Å². The Morgan fingerprint density at radius 1 is 1.12 bits per heavy atom. The highest BCUT2D eigenvalue weighted by molar-refractivity contribution is 7.20. The predicted molar refractivity (Wildman–Crippen MR) is 133 cm³/mol. The molecule has 2 aromatic carbocycles. The molecule has 160 valence electrons. The van der Waals surface area contributed by atoms with E-state index in [4.69, 9.17) is 23.2 Å². The maximum Gasteiger partial charge on any atom is 0.267 e. The van der Waals surface area contributed by atoms with Crippen molar-refractivity contribution in [3.05, 3.63) is 86.2 Å². The van der Waals surface area contributed by atoms with Gasteiger partial charge in [0, 0.05) is 26.4 Å². The quantitative estimate of drug-likeness (QED) is 0.280. The van der Waals surface area contributed by atoms with Crippen molar-refractivity contribution in [1.29, 1.82) is 0 Å². The highest BCUT2D eigenvalue weighted by Gasteiger charge is 2.18. The summed E-state index contributed by atoms with van der Waals surface area (Å²) in [5.74, 6) is -0.188. The van der Waals surface area contributed by atoms with Crippen LogP contribution in [0.3, 0.4) is 0 Å². The molecule has 3 aromatic heterocycles. The number of hydrogen-bond acceptors (Lipinski definition) is 5. The van der Waals surface area contributed by atoms with Crippen LogP contribution >= 0.6 is 45.9 Å². The van der Waals surface area contributed by atoms with Crippen LogP contribution in [0.2, 0.25) is 10.0 Å². The summed E-state index contributed by atoms with van der Waals surface area (Å²) >= 11 is 15.1. The molecule has 0 fully saturated rings. The molecule has 0 radical (unpaired) electrons. The number of hydrogen-bond donors (Lipinski definition) is 1. The second kappa shape index (κ2) is 8.67. The molecule has 0 aliphatic carbocycles. The molecule has 9 heteroatoms. The Balaban J connectivity index is 1.37. The van der Waals surface area contributed by atoms with Gasteiger partial charge in [0.1, 0.15) is 4.83 Å². The van der Waals surface area contributed by atoms with E-state index in [1.165, 1.54) is 22.7 Å². The molecule has 0 unspecified atom stereocenters. The summed E-state index contributed by atoms with van der Waals surface area (Å²) in [6.45, 7) is 2.49.